The first-order valence-corrected chi connectivity index (χ1v) is 9.42. The molecule has 2 fully saturated rings. The van der Waals surface area contributed by atoms with Crippen LogP contribution in [-0.2, 0) is 16.1 Å². The summed E-state index contributed by atoms with van der Waals surface area (Å²) in [5.74, 6) is 1.41. The number of carbonyl (C=O) groups is 2. The lowest BCUT2D eigenvalue weighted by molar-refractivity contribution is -0.145. The molecule has 1 saturated heterocycles. The van der Waals surface area contributed by atoms with Crippen molar-refractivity contribution in [1.29, 1.82) is 0 Å². The second-order valence-corrected chi connectivity index (χ2v) is 7.34. The van der Waals surface area contributed by atoms with Crippen LogP contribution in [0.4, 0.5) is 0 Å². The van der Waals surface area contributed by atoms with Gasteiger partial charge in [0.05, 0.1) is 0 Å². The molecule has 0 unspecified atom stereocenters. The van der Waals surface area contributed by atoms with E-state index in [0.29, 0.717) is 32.5 Å². The standard InChI is InChI=1S/C20H25N3O4/c1-2-7-21-18(24)20(5-6-20)19(25)23-10-8-22(9-11-23)13-15-3-4-16-17(12-15)27-14-26-16/h2-4,12H,1,5-11,13-14H2,(H,21,24). The average molecular weight is 371 g/mol. The van der Waals surface area contributed by atoms with Crippen molar-refractivity contribution in [2.75, 3.05) is 39.5 Å². The maximum atomic E-state index is 12.9. The van der Waals surface area contributed by atoms with Crippen LogP contribution in [0, 0.1) is 5.41 Å². The second kappa shape index (κ2) is 7.23. The molecule has 2 amide bonds. The van der Waals surface area contributed by atoms with E-state index < -0.39 is 5.41 Å². The highest BCUT2D eigenvalue weighted by Crippen LogP contribution is 2.47. The smallest absolute Gasteiger partial charge is 0.238 e. The van der Waals surface area contributed by atoms with E-state index in [1.165, 1.54) is 5.56 Å². The maximum Gasteiger partial charge on any atom is 0.238 e. The Bertz CT molecular complexity index is 752. The zero-order chi connectivity index (χ0) is 18.9. The summed E-state index contributed by atoms with van der Waals surface area (Å²) in [6, 6.07) is 6.01. The van der Waals surface area contributed by atoms with Gasteiger partial charge < -0.3 is 19.7 Å². The third-order valence-electron chi connectivity index (χ3n) is 5.50. The molecule has 2 heterocycles. The number of nitrogens with one attached hydrogen (secondary N) is 1. The van der Waals surface area contributed by atoms with E-state index in [9.17, 15) is 9.59 Å². The number of nitrogens with zero attached hydrogens (tertiary/aromatic N) is 2. The molecule has 7 heteroatoms. The predicted molar refractivity (Wildman–Crippen MR) is 99.3 cm³/mol. The Labute approximate surface area is 158 Å². The van der Waals surface area contributed by atoms with Crippen molar-refractivity contribution in [2.45, 2.75) is 19.4 Å². The van der Waals surface area contributed by atoms with E-state index >= 15 is 0 Å². The largest absolute Gasteiger partial charge is 0.454 e. The molecule has 2 aliphatic heterocycles. The van der Waals surface area contributed by atoms with E-state index in [1.807, 2.05) is 23.1 Å². The van der Waals surface area contributed by atoms with Gasteiger partial charge in [-0.05, 0) is 30.5 Å². The van der Waals surface area contributed by atoms with Gasteiger partial charge in [0.15, 0.2) is 11.5 Å². The van der Waals surface area contributed by atoms with Crippen LogP contribution in [0.15, 0.2) is 30.9 Å². The van der Waals surface area contributed by atoms with Gasteiger partial charge in [0, 0.05) is 39.3 Å². The molecule has 4 rings (SSSR count). The predicted octanol–water partition coefficient (Wildman–Crippen LogP) is 1.14. The molecule has 0 radical (unpaired) electrons. The van der Waals surface area contributed by atoms with Crippen molar-refractivity contribution in [3.05, 3.63) is 36.4 Å². The highest BCUT2D eigenvalue weighted by molar-refractivity contribution is 6.07. The van der Waals surface area contributed by atoms with Crippen LogP contribution in [-0.4, -0.2) is 61.1 Å². The first-order chi connectivity index (χ1) is 13.1. The van der Waals surface area contributed by atoms with Gasteiger partial charge in [0.2, 0.25) is 18.6 Å². The number of benzene rings is 1. The number of hydrogen-bond donors (Lipinski definition) is 1. The monoisotopic (exact) mass is 371 g/mol. The Balaban J connectivity index is 1.30. The van der Waals surface area contributed by atoms with Crippen LogP contribution < -0.4 is 14.8 Å². The van der Waals surface area contributed by atoms with Crippen LogP contribution in [0.25, 0.3) is 0 Å². The van der Waals surface area contributed by atoms with Gasteiger partial charge in [-0.2, -0.15) is 0 Å². The number of rotatable bonds is 6. The fourth-order valence-corrected chi connectivity index (χ4v) is 3.71. The average Bonchev–Trinajstić information content (AvgIpc) is 3.38. The molecule has 1 aromatic rings. The van der Waals surface area contributed by atoms with Crippen LogP contribution in [0.3, 0.4) is 0 Å². The van der Waals surface area contributed by atoms with Crippen LogP contribution in [0.1, 0.15) is 18.4 Å². The summed E-state index contributed by atoms with van der Waals surface area (Å²) >= 11 is 0. The summed E-state index contributed by atoms with van der Waals surface area (Å²) in [4.78, 5) is 29.4. The van der Waals surface area contributed by atoms with E-state index in [0.717, 1.165) is 31.1 Å². The van der Waals surface area contributed by atoms with Gasteiger partial charge >= 0.3 is 0 Å². The van der Waals surface area contributed by atoms with Crippen LogP contribution in [0.5, 0.6) is 11.5 Å². The SMILES string of the molecule is C=CCNC(=O)C1(C(=O)N2CCN(Cc3ccc4c(c3)OCO4)CC2)CC1. The third kappa shape index (κ3) is 3.51. The first-order valence-electron chi connectivity index (χ1n) is 9.42. The van der Waals surface area contributed by atoms with Crippen molar-refractivity contribution in [3.8, 4) is 11.5 Å². The highest BCUT2D eigenvalue weighted by Gasteiger charge is 2.57. The normalized spacial score (nSPS) is 20.2. The maximum absolute atomic E-state index is 12.9. The lowest BCUT2D eigenvalue weighted by Crippen LogP contribution is -2.53. The van der Waals surface area contributed by atoms with Crippen molar-refractivity contribution in [3.63, 3.8) is 0 Å². The Kier molecular flexibility index (Phi) is 4.78. The summed E-state index contributed by atoms with van der Waals surface area (Å²) in [7, 11) is 0. The third-order valence-corrected chi connectivity index (χ3v) is 5.50. The van der Waals surface area contributed by atoms with Gasteiger partial charge in [-0.3, -0.25) is 14.5 Å². The molecular formula is C20H25N3O4. The summed E-state index contributed by atoms with van der Waals surface area (Å²) in [6.07, 6.45) is 2.92. The summed E-state index contributed by atoms with van der Waals surface area (Å²) in [5, 5.41) is 2.78. The molecule has 0 spiro atoms. The zero-order valence-electron chi connectivity index (χ0n) is 15.4. The minimum absolute atomic E-state index is 0.0215. The topological polar surface area (TPSA) is 71.1 Å². The van der Waals surface area contributed by atoms with Gasteiger partial charge in [-0.25, -0.2) is 0 Å². The number of carbonyl (C=O) groups excluding carboxylic acids is 2. The Morgan fingerprint density at radius 2 is 1.89 bits per heavy atom. The molecule has 3 aliphatic rings. The van der Waals surface area contributed by atoms with Crippen LogP contribution in [0.2, 0.25) is 0 Å². The summed E-state index contributed by atoms with van der Waals surface area (Å²) < 4.78 is 10.8. The molecule has 1 saturated carbocycles. The molecular weight excluding hydrogens is 346 g/mol. The lowest BCUT2D eigenvalue weighted by Gasteiger charge is -2.36. The Morgan fingerprint density at radius 1 is 1.15 bits per heavy atom. The van der Waals surface area contributed by atoms with Gasteiger partial charge in [0.25, 0.3) is 0 Å². The highest BCUT2D eigenvalue weighted by atomic mass is 16.7. The number of amides is 2. The molecule has 1 N–H and O–H groups in total. The first kappa shape index (κ1) is 17.9. The van der Waals surface area contributed by atoms with Crippen molar-refractivity contribution >= 4 is 11.8 Å². The molecule has 144 valence electrons. The van der Waals surface area contributed by atoms with E-state index in [4.69, 9.17) is 9.47 Å². The molecule has 0 aromatic heterocycles. The number of piperazine rings is 1. The van der Waals surface area contributed by atoms with Gasteiger partial charge in [0.1, 0.15) is 5.41 Å². The van der Waals surface area contributed by atoms with Crippen molar-refractivity contribution < 1.29 is 19.1 Å². The minimum atomic E-state index is -0.831. The quantitative estimate of drug-likeness (QED) is 0.600. The Hall–Kier alpha value is -2.54. The number of hydrogen-bond acceptors (Lipinski definition) is 5. The summed E-state index contributed by atoms with van der Waals surface area (Å²) in [6.45, 7) is 7.99. The molecule has 1 aromatic carbocycles. The van der Waals surface area contributed by atoms with Crippen molar-refractivity contribution in [2.24, 2.45) is 5.41 Å². The minimum Gasteiger partial charge on any atom is -0.454 e. The Morgan fingerprint density at radius 3 is 2.59 bits per heavy atom. The second-order valence-electron chi connectivity index (χ2n) is 7.34. The van der Waals surface area contributed by atoms with Crippen LogP contribution >= 0.6 is 0 Å². The number of fused-ring (bicyclic) bond motifs is 1. The molecule has 27 heavy (non-hydrogen) atoms. The van der Waals surface area contributed by atoms with Gasteiger partial charge in [-0.1, -0.05) is 12.1 Å². The van der Waals surface area contributed by atoms with Gasteiger partial charge in [-0.15, -0.1) is 6.58 Å². The lowest BCUT2D eigenvalue weighted by atomic mass is 10.0. The van der Waals surface area contributed by atoms with Crippen molar-refractivity contribution in [1.82, 2.24) is 15.1 Å². The fourth-order valence-electron chi connectivity index (χ4n) is 3.71. The fraction of sp³-hybridized carbons (Fsp3) is 0.500. The zero-order valence-corrected chi connectivity index (χ0v) is 15.4. The molecule has 7 nitrogen and oxygen atoms in total. The number of ether oxygens (including phenoxy) is 2. The molecule has 0 bridgehead atoms. The van der Waals surface area contributed by atoms with E-state index in [2.05, 4.69) is 16.8 Å². The summed E-state index contributed by atoms with van der Waals surface area (Å²) in [5.41, 5.74) is 0.337. The molecule has 0 atom stereocenters. The molecule has 1 aliphatic carbocycles. The van der Waals surface area contributed by atoms with E-state index in [1.54, 1.807) is 6.08 Å². The van der Waals surface area contributed by atoms with E-state index in [-0.39, 0.29) is 18.6 Å².